The highest BCUT2D eigenvalue weighted by Crippen LogP contribution is 2.28. The van der Waals surface area contributed by atoms with Crippen LogP contribution in [0.5, 0.6) is 5.75 Å². The molecule has 1 heterocycles. The molecule has 0 unspecified atom stereocenters. The molecule has 0 saturated carbocycles. The van der Waals surface area contributed by atoms with Crippen molar-refractivity contribution in [2.45, 2.75) is 6.92 Å². The summed E-state index contributed by atoms with van der Waals surface area (Å²) in [5.41, 5.74) is 2.98. The Labute approximate surface area is 95.3 Å². The van der Waals surface area contributed by atoms with Gasteiger partial charge in [-0.3, -0.25) is 4.79 Å². The van der Waals surface area contributed by atoms with Crippen LogP contribution in [0.1, 0.15) is 12.5 Å². The van der Waals surface area contributed by atoms with Gasteiger partial charge in [0.1, 0.15) is 5.75 Å². The van der Waals surface area contributed by atoms with Gasteiger partial charge in [0.25, 0.3) is 0 Å². The molecular weight excluding hydrogens is 202 g/mol. The van der Waals surface area contributed by atoms with Crippen molar-refractivity contribution in [3.63, 3.8) is 0 Å². The second-order valence-corrected chi connectivity index (χ2v) is 4.00. The number of methoxy groups -OCH3 is 1. The smallest absolute Gasteiger partial charge is 0.249 e. The number of nitrogens with zero attached hydrogens (tertiary/aromatic N) is 1. The van der Waals surface area contributed by atoms with Crippen LogP contribution in [0, 0.1) is 0 Å². The maximum atomic E-state index is 11.7. The summed E-state index contributed by atoms with van der Waals surface area (Å²) in [5.74, 6) is 0.928. The molecule has 16 heavy (non-hydrogen) atoms. The molecule has 2 rings (SSSR count). The fourth-order valence-corrected chi connectivity index (χ4v) is 1.96. The zero-order valence-electron chi connectivity index (χ0n) is 9.78. The second kappa shape index (κ2) is 4.00. The molecule has 1 aliphatic rings. The Morgan fingerprint density at radius 3 is 2.69 bits per heavy atom. The average Bonchev–Trinajstić information content (AvgIpc) is 2.57. The van der Waals surface area contributed by atoms with E-state index < -0.39 is 0 Å². The molecule has 1 aromatic rings. The fourth-order valence-electron chi connectivity index (χ4n) is 1.96. The third-order valence-electron chi connectivity index (χ3n) is 2.93. The third kappa shape index (κ3) is 1.69. The van der Waals surface area contributed by atoms with Crippen molar-refractivity contribution < 1.29 is 9.53 Å². The molecule has 3 nitrogen and oxygen atoms in total. The van der Waals surface area contributed by atoms with E-state index >= 15 is 0 Å². The molecule has 0 N–H and O–H groups in total. The van der Waals surface area contributed by atoms with Crippen LogP contribution in [0.3, 0.4) is 0 Å². The Morgan fingerprint density at radius 1 is 1.38 bits per heavy atom. The molecule has 0 fully saturated rings. The number of carbonyl (C=O) groups is 1. The number of carbonyl (C=O) groups excluding carboxylic acids is 1. The van der Waals surface area contributed by atoms with Gasteiger partial charge >= 0.3 is 0 Å². The fraction of sp³-hybridized carbons (Fsp3) is 0.308. The van der Waals surface area contributed by atoms with Crippen LogP contribution in [0.15, 0.2) is 29.8 Å². The van der Waals surface area contributed by atoms with Crippen molar-refractivity contribution in [3.8, 4) is 5.75 Å². The van der Waals surface area contributed by atoms with Crippen LogP contribution in [-0.4, -0.2) is 31.5 Å². The van der Waals surface area contributed by atoms with Crippen molar-refractivity contribution >= 4 is 11.5 Å². The lowest BCUT2D eigenvalue weighted by Gasteiger charge is -2.09. The van der Waals surface area contributed by atoms with Crippen LogP contribution in [0.25, 0.3) is 5.57 Å². The van der Waals surface area contributed by atoms with Crippen molar-refractivity contribution in [1.82, 2.24) is 4.90 Å². The summed E-state index contributed by atoms with van der Waals surface area (Å²) in [6.07, 6.45) is 0. The van der Waals surface area contributed by atoms with Gasteiger partial charge in [-0.1, -0.05) is 12.1 Å². The molecule has 0 bridgehead atoms. The minimum Gasteiger partial charge on any atom is -0.497 e. The van der Waals surface area contributed by atoms with Gasteiger partial charge in [0.05, 0.1) is 7.11 Å². The maximum Gasteiger partial charge on any atom is 0.249 e. The lowest BCUT2D eigenvalue weighted by atomic mass is 10.0. The van der Waals surface area contributed by atoms with Crippen LogP contribution in [-0.2, 0) is 4.79 Å². The zero-order chi connectivity index (χ0) is 11.7. The number of rotatable bonds is 2. The molecule has 0 aliphatic carbocycles. The summed E-state index contributed by atoms with van der Waals surface area (Å²) >= 11 is 0. The number of benzene rings is 1. The van der Waals surface area contributed by atoms with Gasteiger partial charge in [0.15, 0.2) is 0 Å². The Hall–Kier alpha value is -1.77. The van der Waals surface area contributed by atoms with E-state index in [1.807, 2.05) is 38.2 Å². The predicted octanol–water partition coefficient (Wildman–Crippen LogP) is 1.94. The normalized spacial score (nSPS) is 15.9. The van der Waals surface area contributed by atoms with Crippen molar-refractivity contribution in [2.75, 3.05) is 20.7 Å². The van der Waals surface area contributed by atoms with E-state index in [2.05, 4.69) is 0 Å². The molecule has 1 aromatic carbocycles. The summed E-state index contributed by atoms with van der Waals surface area (Å²) in [6, 6.07) is 7.82. The minimum absolute atomic E-state index is 0.109. The van der Waals surface area contributed by atoms with E-state index in [4.69, 9.17) is 4.74 Å². The molecule has 0 atom stereocenters. The van der Waals surface area contributed by atoms with E-state index in [9.17, 15) is 4.79 Å². The van der Waals surface area contributed by atoms with Gasteiger partial charge in [-0.2, -0.15) is 0 Å². The van der Waals surface area contributed by atoms with Crippen LogP contribution < -0.4 is 4.74 Å². The zero-order valence-corrected chi connectivity index (χ0v) is 9.78. The van der Waals surface area contributed by atoms with Gasteiger partial charge in [0.2, 0.25) is 5.91 Å². The summed E-state index contributed by atoms with van der Waals surface area (Å²) in [4.78, 5) is 13.4. The highest BCUT2D eigenvalue weighted by Gasteiger charge is 2.24. The Morgan fingerprint density at radius 2 is 2.12 bits per heavy atom. The summed E-state index contributed by atoms with van der Waals surface area (Å²) in [6.45, 7) is 2.55. The first-order valence-corrected chi connectivity index (χ1v) is 5.23. The van der Waals surface area contributed by atoms with Crippen molar-refractivity contribution in [1.29, 1.82) is 0 Å². The van der Waals surface area contributed by atoms with Crippen LogP contribution in [0.2, 0.25) is 0 Å². The minimum atomic E-state index is 0.109. The molecule has 0 spiro atoms. The van der Waals surface area contributed by atoms with Crippen molar-refractivity contribution in [3.05, 3.63) is 35.4 Å². The van der Waals surface area contributed by atoms with Gasteiger partial charge in [-0.05, 0) is 30.2 Å². The highest BCUT2D eigenvalue weighted by atomic mass is 16.5. The summed E-state index contributed by atoms with van der Waals surface area (Å²) in [7, 11) is 3.46. The maximum absolute atomic E-state index is 11.7. The molecule has 0 saturated heterocycles. The molecule has 0 aromatic heterocycles. The van der Waals surface area contributed by atoms with E-state index in [-0.39, 0.29) is 5.91 Å². The highest BCUT2D eigenvalue weighted by molar-refractivity contribution is 6.05. The molecular formula is C13H15NO2. The first-order valence-electron chi connectivity index (χ1n) is 5.23. The van der Waals surface area contributed by atoms with Crippen molar-refractivity contribution in [2.24, 2.45) is 0 Å². The number of ether oxygens (including phenoxy) is 1. The lowest BCUT2D eigenvalue weighted by molar-refractivity contribution is -0.124. The second-order valence-electron chi connectivity index (χ2n) is 4.00. The van der Waals surface area contributed by atoms with E-state index in [1.54, 1.807) is 12.0 Å². The predicted molar refractivity (Wildman–Crippen MR) is 63.2 cm³/mol. The Bertz CT molecular complexity index is 463. The average molecular weight is 217 g/mol. The van der Waals surface area contributed by atoms with E-state index in [0.29, 0.717) is 6.54 Å². The number of amides is 1. The van der Waals surface area contributed by atoms with E-state index in [0.717, 1.165) is 22.5 Å². The van der Waals surface area contributed by atoms with E-state index in [1.165, 1.54) is 0 Å². The van der Waals surface area contributed by atoms with Crippen LogP contribution >= 0.6 is 0 Å². The standard InChI is InChI=1S/C13H15NO2/c1-9-12(8-14(2)13(9)15)10-5-4-6-11(7-10)16-3/h4-7H,8H2,1-3H3. The molecule has 3 heteroatoms. The monoisotopic (exact) mass is 217 g/mol. The van der Waals surface area contributed by atoms with Crippen LogP contribution in [0.4, 0.5) is 0 Å². The Kier molecular flexibility index (Phi) is 2.69. The molecule has 1 amide bonds. The number of hydrogen-bond acceptors (Lipinski definition) is 2. The number of hydrogen-bond donors (Lipinski definition) is 0. The molecule has 0 radical (unpaired) electrons. The quantitative estimate of drug-likeness (QED) is 0.757. The first-order chi connectivity index (χ1) is 7.63. The summed E-state index contributed by atoms with van der Waals surface area (Å²) < 4.78 is 5.18. The van der Waals surface area contributed by atoms with Gasteiger partial charge in [0, 0.05) is 19.2 Å². The topological polar surface area (TPSA) is 29.5 Å². The first kappa shape index (κ1) is 10.7. The number of likely N-dealkylation sites (N-methyl/N-ethyl adjacent to an activating group) is 1. The third-order valence-corrected chi connectivity index (χ3v) is 2.93. The molecule has 84 valence electrons. The van der Waals surface area contributed by atoms with Gasteiger partial charge in [-0.15, -0.1) is 0 Å². The largest absolute Gasteiger partial charge is 0.497 e. The Balaban J connectivity index is 2.41. The molecule has 1 aliphatic heterocycles. The summed E-state index contributed by atoms with van der Waals surface area (Å²) in [5, 5.41) is 0. The van der Waals surface area contributed by atoms with Gasteiger partial charge in [-0.25, -0.2) is 0 Å². The van der Waals surface area contributed by atoms with Gasteiger partial charge < -0.3 is 9.64 Å². The SMILES string of the molecule is COc1cccc(C2=C(C)C(=O)N(C)C2)c1. The lowest BCUT2D eigenvalue weighted by Crippen LogP contribution is -2.21.